The standard InChI is InChI=1S/C17H19N3O2.CH2O3/c1-12(16(21)22-15-8-3-2-4-9-15)10-13-6-5-7-14(11-13)20-17(18)19;2-1(3)4/h2-9,11-12H,10H2,1H3,(H4,18,19,20);(H2,2,3,4). The Kier molecular flexibility index (Phi) is 8.15. The fraction of sp³-hybridized carbons (Fsp3) is 0.167. The quantitative estimate of drug-likeness (QED) is 0.277. The lowest BCUT2D eigenvalue weighted by Gasteiger charge is -2.11. The van der Waals surface area contributed by atoms with Gasteiger partial charge in [-0.3, -0.25) is 4.79 Å². The monoisotopic (exact) mass is 359 g/mol. The van der Waals surface area contributed by atoms with Gasteiger partial charge in [0.1, 0.15) is 5.75 Å². The number of carboxylic acid groups (broad SMARTS) is 2. The van der Waals surface area contributed by atoms with Crippen LogP contribution in [0.15, 0.2) is 59.6 Å². The van der Waals surface area contributed by atoms with Gasteiger partial charge in [-0.05, 0) is 36.2 Å². The zero-order valence-electron chi connectivity index (χ0n) is 14.2. The van der Waals surface area contributed by atoms with E-state index in [9.17, 15) is 4.79 Å². The number of carbonyl (C=O) groups excluding carboxylic acids is 1. The molecule has 2 aromatic rings. The second-order valence-corrected chi connectivity index (χ2v) is 5.33. The van der Waals surface area contributed by atoms with Gasteiger partial charge in [0.2, 0.25) is 0 Å². The molecule has 0 radical (unpaired) electrons. The highest BCUT2D eigenvalue weighted by molar-refractivity contribution is 5.79. The first-order valence-electron chi connectivity index (χ1n) is 7.65. The average Bonchev–Trinajstić information content (AvgIpc) is 2.55. The molecule has 2 aromatic carbocycles. The second kappa shape index (κ2) is 10.3. The number of aliphatic imine (C=N–C) groups is 1. The molecular formula is C18H21N3O5. The van der Waals surface area contributed by atoms with Crippen LogP contribution in [-0.2, 0) is 11.2 Å². The molecule has 1 atom stereocenters. The number of guanidine groups is 1. The molecule has 0 heterocycles. The molecule has 0 aliphatic heterocycles. The van der Waals surface area contributed by atoms with Crippen molar-refractivity contribution < 1.29 is 24.5 Å². The van der Waals surface area contributed by atoms with E-state index in [1.807, 2.05) is 43.3 Å². The van der Waals surface area contributed by atoms with Crippen molar-refractivity contribution in [3.05, 3.63) is 60.2 Å². The first-order valence-corrected chi connectivity index (χ1v) is 7.65. The summed E-state index contributed by atoms with van der Waals surface area (Å²) in [5.41, 5.74) is 12.4. The number of para-hydroxylation sites is 1. The van der Waals surface area contributed by atoms with Crippen LogP contribution in [0.25, 0.3) is 0 Å². The highest BCUT2D eigenvalue weighted by Gasteiger charge is 2.16. The number of hydrogen-bond donors (Lipinski definition) is 4. The van der Waals surface area contributed by atoms with Crippen LogP contribution in [-0.4, -0.2) is 28.3 Å². The number of benzene rings is 2. The number of hydrogen-bond acceptors (Lipinski definition) is 4. The average molecular weight is 359 g/mol. The fourth-order valence-electron chi connectivity index (χ4n) is 2.04. The van der Waals surface area contributed by atoms with Gasteiger partial charge in [-0.25, -0.2) is 9.79 Å². The van der Waals surface area contributed by atoms with Gasteiger partial charge in [-0.2, -0.15) is 0 Å². The molecule has 8 heteroatoms. The van der Waals surface area contributed by atoms with Crippen molar-refractivity contribution in [2.75, 3.05) is 0 Å². The maximum Gasteiger partial charge on any atom is 0.503 e. The molecule has 0 fully saturated rings. The highest BCUT2D eigenvalue weighted by atomic mass is 16.6. The normalized spacial score (nSPS) is 10.7. The Morgan fingerprint density at radius 3 is 2.27 bits per heavy atom. The Hall–Kier alpha value is -3.55. The third kappa shape index (κ3) is 8.34. The van der Waals surface area contributed by atoms with Gasteiger partial charge in [0.25, 0.3) is 0 Å². The van der Waals surface area contributed by atoms with E-state index in [0.29, 0.717) is 17.9 Å². The predicted molar refractivity (Wildman–Crippen MR) is 97.5 cm³/mol. The van der Waals surface area contributed by atoms with Crippen LogP contribution < -0.4 is 16.2 Å². The summed E-state index contributed by atoms with van der Waals surface area (Å²) in [7, 11) is 0. The van der Waals surface area contributed by atoms with Crippen molar-refractivity contribution in [2.45, 2.75) is 13.3 Å². The minimum Gasteiger partial charge on any atom is -0.450 e. The Bertz CT molecular complexity index is 754. The Morgan fingerprint density at radius 1 is 1.08 bits per heavy atom. The first kappa shape index (κ1) is 20.5. The maximum absolute atomic E-state index is 12.1. The predicted octanol–water partition coefficient (Wildman–Crippen LogP) is 2.60. The van der Waals surface area contributed by atoms with E-state index in [2.05, 4.69) is 4.99 Å². The number of nitrogens with zero attached hydrogens (tertiary/aromatic N) is 1. The van der Waals surface area contributed by atoms with Crippen LogP contribution in [0.2, 0.25) is 0 Å². The highest BCUT2D eigenvalue weighted by Crippen LogP contribution is 2.18. The largest absolute Gasteiger partial charge is 0.503 e. The summed E-state index contributed by atoms with van der Waals surface area (Å²) in [6, 6.07) is 16.5. The van der Waals surface area contributed by atoms with E-state index in [-0.39, 0.29) is 17.8 Å². The molecule has 0 bridgehead atoms. The molecule has 26 heavy (non-hydrogen) atoms. The third-order valence-electron chi connectivity index (χ3n) is 3.07. The van der Waals surface area contributed by atoms with Crippen LogP contribution in [0, 0.1) is 5.92 Å². The van der Waals surface area contributed by atoms with Gasteiger partial charge in [-0.1, -0.05) is 37.3 Å². The van der Waals surface area contributed by atoms with Crippen LogP contribution in [0.4, 0.5) is 10.5 Å². The van der Waals surface area contributed by atoms with Crippen LogP contribution in [0.5, 0.6) is 5.75 Å². The van der Waals surface area contributed by atoms with Crippen LogP contribution in [0.1, 0.15) is 12.5 Å². The van der Waals surface area contributed by atoms with Crippen LogP contribution >= 0.6 is 0 Å². The minimum atomic E-state index is -1.83. The van der Waals surface area contributed by atoms with Gasteiger partial charge >= 0.3 is 12.1 Å². The van der Waals surface area contributed by atoms with Gasteiger partial charge in [-0.15, -0.1) is 0 Å². The fourth-order valence-corrected chi connectivity index (χ4v) is 2.04. The lowest BCUT2D eigenvalue weighted by atomic mass is 10.0. The molecule has 6 N–H and O–H groups in total. The van der Waals surface area contributed by atoms with Gasteiger partial charge < -0.3 is 26.4 Å². The summed E-state index contributed by atoms with van der Waals surface area (Å²) in [6.45, 7) is 1.83. The first-order chi connectivity index (χ1) is 12.3. The van der Waals surface area contributed by atoms with Gasteiger partial charge in [0, 0.05) is 0 Å². The summed E-state index contributed by atoms with van der Waals surface area (Å²) in [5, 5.41) is 13.9. The zero-order valence-corrected chi connectivity index (χ0v) is 14.2. The molecule has 138 valence electrons. The number of esters is 1. The lowest BCUT2D eigenvalue weighted by Crippen LogP contribution is -2.22. The number of ether oxygens (including phenoxy) is 1. The molecule has 0 amide bonds. The molecule has 0 aromatic heterocycles. The van der Waals surface area contributed by atoms with Gasteiger partial charge in [0.05, 0.1) is 11.6 Å². The van der Waals surface area contributed by atoms with Crippen molar-refractivity contribution in [3.63, 3.8) is 0 Å². The SMILES string of the molecule is CC(Cc1cccc(N=C(N)N)c1)C(=O)Oc1ccccc1.O=C(O)O. The molecular weight excluding hydrogens is 338 g/mol. The molecule has 0 aliphatic rings. The molecule has 0 saturated heterocycles. The van der Waals surface area contributed by atoms with E-state index >= 15 is 0 Å². The zero-order chi connectivity index (χ0) is 19.5. The molecule has 0 saturated carbocycles. The molecule has 0 spiro atoms. The summed E-state index contributed by atoms with van der Waals surface area (Å²) >= 11 is 0. The maximum atomic E-state index is 12.1. The molecule has 8 nitrogen and oxygen atoms in total. The van der Waals surface area contributed by atoms with Crippen molar-refractivity contribution in [2.24, 2.45) is 22.4 Å². The summed E-state index contributed by atoms with van der Waals surface area (Å²) in [4.78, 5) is 24.6. The molecule has 2 rings (SSSR count). The number of nitrogens with two attached hydrogens (primary N) is 2. The number of rotatable bonds is 5. The second-order valence-electron chi connectivity index (χ2n) is 5.33. The summed E-state index contributed by atoms with van der Waals surface area (Å²) in [6.07, 6.45) is -1.28. The van der Waals surface area contributed by atoms with Crippen LogP contribution in [0.3, 0.4) is 0 Å². The van der Waals surface area contributed by atoms with E-state index in [0.717, 1.165) is 5.56 Å². The van der Waals surface area contributed by atoms with E-state index in [1.165, 1.54) is 0 Å². The molecule has 1 unspecified atom stereocenters. The third-order valence-corrected chi connectivity index (χ3v) is 3.07. The van der Waals surface area contributed by atoms with Crippen molar-refractivity contribution in [1.29, 1.82) is 0 Å². The van der Waals surface area contributed by atoms with E-state index in [1.54, 1.807) is 18.2 Å². The number of carbonyl (C=O) groups is 2. The smallest absolute Gasteiger partial charge is 0.450 e. The molecule has 0 aliphatic carbocycles. The minimum absolute atomic E-state index is 0.00804. The summed E-state index contributed by atoms with van der Waals surface area (Å²) < 4.78 is 5.34. The Labute approximate surface area is 150 Å². The Morgan fingerprint density at radius 2 is 1.69 bits per heavy atom. The lowest BCUT2D eigenvalue weighted by molar-refractivity contribution is -0.138. The van der Waals surface area contributed by atoms with Gasteiger partial charge in [0.15, 0.2) is 5.96 Å². The topological polar surface area (TPSA) is 148 Å². The summed E-state index contributed by atoms with van der Waals surface area (Å²) in [5.74, 6) is 0.0235. The van der Waals surface area contributed by atoms with Crippen molar-refractivity contribution >= 4 is 23.8 Å². The van der Waals surface area contributed by atoms with E-state index < -0.39 is 6.16 Å². The van der Waals surface area contributed by atoms with Crippen molar-refractivity contribution in [1.82, 2.24) is 0 Å². The Balaban J connectivity index is 0.000000765. The van der Waals surface area contributed by atoms with E-state index in [4.69, 9.17) is 31.2 Å². The van der Waals surface area contributed by atoms with Crippen molar-refractivity contribution in [3.8, 4) is 5.75 Å².